The second-order valence-electron chi connectivity index (χ2n) is 8.30. The average Bonchev–Trinajstić information content (AvgIpc) is 2.96. The van der Waals surface area contributed by atoms with Gasteiger partial charge in [-0.25, -0.2) is 0 Å². The molecule has 0 aliphatic rings. The molecule has 0 bridgehead atoms. The van der Waals surface area contributed by atoms with Crippen LogP contribution in [0.1, 0.15) is 22.4 Å². The summed E-state index contributed by atoms with van der Waals surface area (Å²) in [4.78, 5) is 3.90. The average molecular weight is 606 g/mol. The Morgan fingerprint density at radius 3 is 2.13 bits per heavy atom. The summed E-state index contributed by atoms with van der Waals surface area (Å²) in [6.45, 7) is 1.22. The van der Waals surface area contributed by atoms with Gasteiger partial charge in [-0.3, -0.25) is 4.98 Å². The van der Waals surface area contributed by atoms with Crippen molar-refractivity contribution in [3.05, 3.63) is 132 Å². The summed E-state index contributed by atoms with van der Waals surface area (Å²) in [5.74, 6) is -0.847. The van der Waals surface area contributed by atoms with Crippen molar-refractivity contribution in [2.75, 3.05) is 0 Å². The summed E-state index contributed by atoms with van der Waals surface area (Å²) >= 11 is -0.517. The third kappa shape index (κ3) is 7.05. The van der Waals surface area contributed by atoms with Crippen LogP contribution in [-0.4, -0.2) is 43.3 Å². The zero-order valence-corrected chi connectivity index (χ0v) is 23.6. The van der Waals surface area contributed by atoms with Crippen LogP contribution in [0, 0.1) is 6.92 Å². The second kappa shape index (κ2) is 13.5. The zero-order chi connectivity index (χ0) is 26.7. The van der Waals surface area contributed by atoms with Gasteiger partial charge in [0.1, 0.15) is 0 Å². The molecule has 0 saturated heterocycles. The van der Waals surface area contributed by atoms with E-state index in [1.54, 1.807) is 19.1 Å². The first kappa shape index (κ1) is 27.0. The molecule has 0 unspecified atom stereocenters. The van der Waals surface area contributed by atoms with Crippen LogP contribution in [0.3, 0.4) is 0 Å². The molecule has 186 valence electrons. The molecule has 1 aromatic heterocycles. The van der Waals surface area contributed by atoms with E-state index in [1.165, 1.54) is 19.6 Å². The predicted octanol–water partition coefficient (Wildman–Crippen LogP) is 2.59. The Morgan fingerprint density at radius 2 is 1.47 bits per heavy atom. The molecule has 0 radical (unpaired) electrons. The standard InChI is InChI=1S/C19H17N3O3.2C6H5.Sn/c1-12-18(24)17(14(11-23)9-20-12)10-21-22-19(25)16-8-4-6-13-5-2-3-7-15(13)16;2*1-2-4-6-5-3-1;/h2-10,23-24H,11H2,1H3,(H,22,25);2*1-5H;/q;;;+2/p-2/b21-10+;;;. The van der Waals surface area contributed by atoms with Crippen LogP contribution >= 0.6 is 0 Å². The maximum atomic E-state index is 12.3. The molecular formula is C31H25N3O3Sn. The van der Waals surface area contributed by atoms with Crippen molar-refractivity contribution in [1.82, 2.24) is 4.98 Å². The van der Waals surface area contributed by atoms with E-state index in [4.69, 9.17) is 0 Å². The Hall–Kier alpha value is -4.01. The molecular weight excluding hydrogens is 581 g/mol. The zero-order valence-electron chi connectivity index (χ0n) is 20.8. The van der Waals surface area contributed by atoms with Crippen LogP contribution in [0.25, 0.3) is 10.8 Å². The fraction of sp³-hybridized carbons (Fsp3) is 0.0645. The van der Waals surface area contributed by atoms with Crippen molar-refractivity contribution >= 4 is 51.2 Å². The first-order valence-corrected chi connectivity index (χ1v) is 14.8. The first-order valence-electron chi connectivity index (χ1n) is 12.0. The summed E-state index contributed by atoms with van der Waals surface area (Å²) in [6, 6.07) is 34.4. The monoisotopic (exact) mass is 607 g/mol. The van der Waals surface area contributed by atoms with E-state index in [2.05, 4.69) is 75.9 Å². The topological polar surface area (TPSA) is 104 Å². The van der Waals surface area contributed by atoms with Crippen LogP contribution in [0.5, 0.6) is 5.75 Å². The van der Waals surface area contributed by atoms with E-state index in [1.807, 2.05) is 30.3 Å². The van der Waals surface area contributed by atoms with Crippen LogP contribution in [0.15, 0.2) is 120 Å². The van der Waals surface area contributed by atoms with Crippen LogP contribution in [0.4, 0.5) is 0 Å². The molecule has 5 aromatic rings. The molecule has 0 aliphatic heterocycles. The van der Waals surface area contributed by atoms with Crippen molar-refractivity contribution in [3.63, 3.8) is 0 Å². The number of aromatic nitrogens is 1. The van der Waals surface area contributed by atoms with Crippen molar-refractivity contribution < 1.29 is 15.3 Å². The van der Waals surface area contributed by atoms with Gasteiger partial charge in [0.15, 0.2) is 0 Å². The van der Waals surface area contributed by atoms with E-state index >= 15 is 0 Å². The number of aryl methyl sites for hydroxylation is 1. The number of benzene rings is 4. The molecule has 38 heavy (non-hydrogen) atoms. The van der Waals surface area contributed by atoms with E-state index in [0.29, 0.717) is 16.8 Å². The number of aliphatic hydroxyl groups excluding tert-OH is 1. The normalized spacial score (nSPS) is 11.2. The molecule has 7 heteroatoms. The molecule has 0 aliphatic carbocycles. The summed E-state index contributed by atoms with van der Waals surface area (Å²) in [5, 5.41) is 42.9. The Balaban J connectivity index is 0.000000216. The first-order chi connectivity index (χ1) is 18.6. The van der Waals surface area contributed by atoms with Crippen molar-refractivity contribution in [3.8, 4) is 5.75 Å². The Morgan fingerprint density at radius 1 is 0.868 bits per heavy atom. The number of aliphatic hydroxyl groups is 1. The number of pyridine rings is 1. The van der Waals surface area contributed by atoms with Crippen LogP contribution in [0.2, 0.25) is 0 Å². The fourth-order valence-corrected chi connectivity index (χ4v) is 6.73. The molecule has 0 saturated carbocycles. The molecule has 5 rings (SSSR count). The summed E-state index contributed by atoms with van der Waals surface area (Å²) in [7, 11) is 0. The minimum atomic E-state index is -0.517. The van der Waals surface area contributed by atoms with Gasteiger partial charge in [-0.1, -0.05) is 48.2 Å². The Kier molecular flexibility index (Phi) is 9.61. The molecule has 1 N–H and O–H groups in total. The maximum absolute atomic E-state index is 12.3. The van der Waals surface area contributed by atoms with E-state index in [-0.39, 0.29) is 17.9 Å². The van der Waals surface area contributed by atoms with E-state index < -0.39 is 27.0 Å². The SMILES string of the molecule is Cc1ncc(CO)c(/C=N/N=C(\[O-])c2cccc3ccccc23)c1[O-].c1cc[c]([Sn+2][c]2ccccc2)cc1. The molecule has 0 amide bonds. The third-order valence-electron chi connectivity index (χ3n) is 5.70. The van der Waals surface area contributed by atoms with Gasteiger partial charge in [-0.2, -0.15) is 10.2 Å². The second-order valence-corrected chi connectivity index (χ2v) is 12.3. The number of hydrogen-bond donors (Lipinski definition) is 1. The predicted molar refractivity (Wildman–Crippen MR) is 150 cm³/mol. The van der Waals surface area contributed by atoms with Gasteiger partial charge < -0.3 is 15.3 Å². The van der Waals surface area contributed by atoms with Crippen molar-refractivity contribution in [2.24, 2.45) is 10.2 Å². The number of hydrogen-bond acceptors (Lipinski definition) is 6. The minimum absolute atomic E-state index is 0.185. The van der Waals surface area contributed by atoms with Crippen molar-refractivity contribution in [1.29, 1.82) is 0 Å². The molecule has 0 fully saturated rings. The van der Waals surface area contributed by atoms with Gasteiger partial charge in [0.2, 0.25) is 0 Å². The third-order valence-corrected chi connectivity index (χ3v) is 9.25. The van der Waals surface area contributed by atoms with Crippen LogP contribution < -0.4 is 17.4 Å². The van der Waals surface area contributed by atoms with E-state index in [0.717, 1.165) is 10.8 Å². The van der Waals surface area contributed by atoms with Crippen molar-refractivity contribution in [2.45, 2.75) is 13.5 Å². The molecule has 6 nitrogen and oxygen atoms in total. The van der Waals surface area contributed by atoms with Gasteiger partial charge in [0.25, 0.3) is 0 Å². The quantitative estimate of drug-likeness (QED) is 0.139. The summed E-state index contributed by atoms with van der Waals surface area (Å²) in [6.07, 6.45) is 2.59. The molecule has 0 spiro atoms. The Labute approximate surface area is 231 Å². The van der Waals surface area contributed by atoms with E-state index in [9.17, 15) is 15.3 Å². The molecule has 1 heterocycles. The summed E-state index contributed by atoms with van der Waals surface area (Å²) < 4.78 is 3.08. The van der Waals surface area contributed by atoms with Gasteiger partial charge >= 0.3 is 89.0 Å². The van der Waals surface area contributed by atoms with Gasteiger partial charge in [0.05, 0.1) is 12.8 Å². The number of rotatable bonds is 6. The Bertz CT molecular complexity index is 1510. The number of fused-ring (bicyclic) bond motifs is 1. The molecule has 0 atom stereocenters. The van der Waals surface area contributed by atoms with Gasteiger partial charge in [-0.05, 0) is 28.8 Å². The van der Waals surface area contributed by atoms with Crippen LogP contribution in [-0.2, 0) is 6.61 Å². The number of nitrogens with zero attached hydrogens (tertiary/aromatic N) is 3. The molecule has 4 aromatic carbocycles. The van der Waals surface area contributed by atoms with Gasteiger partial charge in [0, 0.05) is 23.4 Å². The summed E-state index contributed by atoms with van der Waals surface area (Å²) in [5.41, 5.74) is 1.25. The fourth-order valence-electron chi connectivity index (χ4n) is 3.73. The van der Waals surface area contributed by atoms with Gasteiger partial charge in [-0.15, -0.1) is 0 Å².